The molecule has 0 N–H and O–H groups in total. The minimum atomic E-state index is 0.170. The van der Waals surface area contributed by atoms with Crippen LogP contribution in [0, 0.1) is 0 Å². The number of hydrogen-bond donors (Lipinski definition) is 0. The summed E-state index contributed by atoms with van der Waals surface area (Å²) < 4.78 is 11.1. The fraction of sp³-hybridized carbons (Fsp3) is 0.938. The van der Waals surface area contributed by atoms with Gasteiger partial charge in [-0.3, -0.25) is 9.69 Å². The largest absolute Gasteiger partial charge is 0.379 e. The zero-order valence-corrected chi connectivity index (χ0v) is 13.0. The second-order valence-electron chi connectivity index (χ2n) is 6.45. The van der Waals surface area contributed by atoms with Crippen LogP contribution in [0.3, 0.4) is 0 Å². The number of ether oxygens (including phenoxy) is 2. The molecule has 21 heavy (non-hydrogen) atoms. The van der Waals surface area contributed by atoms with E-state index < -0.39 is 0 Å². The highest BCUT2D eigenvalue weighted by atomic mass is 16.5. The predicted molar refractivity (Wildman–Crippen MR) is 80.2 cm³/mol. The van der Waals surface area contributed by atoms with Crippen LogP contribution in [0.1, 0.15) is 38.5 Å². The van der Waals surface area contributed by atoms with Gasteiger partial charge in [-0.2, -0.15) is 0 Å². The van der Waals surface area contributed by atoms with Gasteiger partial charge in [0.1, 0.15) is 0 Å². The van der Waals surface area contributed by atoms with Crippen LogP contribution in [0.25, 0.3) is 0 Å². The molecule has 1 amide bonds. The lowest BCUT2D eigenvalue weighted by molar-refractivity contribution is -0.137. The van der Waals surface area contributed by atoms with Gasteiger partial charge >= 0.3 is 0 Å². The molecule has 0 saturated carbocycles. The zero-order chi connectivity index (χ0) is 14.5. The Labute approximate surface area is 127 Å². The molecule has 0 radical (unpaired) electrons. The van der Waals surface area contributed by atoms with E-state index in [0.717, 1.165) is 71.7 Å². The predicted octanol–water partition coefficient (Wildman–Crippen LogP) is 1.27. The molecule has 0 aromatic rings. The Bertz CT molecular complexity index is 330. The highest BCUT2D eigenvalue weighted by molar-refractivity contribution is 5.76. The standard InChI is InChI=1S/C16H28N2O3/c19-16(13-15-3-1-2-10-21-15)18-6-4-14(5-7-18)17-8-11-20-12-9-17/h14-15H,1-13H2. The first-order valence-electron chi connectivity index (χ1n) is 8.54. The number of carbonyl (C=O) groups excluding carboxylic acids is 1. The molecule has 120 valence electrons. The molecule has 1 unspecified atom stereocenters. The third-order valence-electron chi connectivity index (χ3n) is 5.06. The summed E-state index contributed by atoms with van der Waals surface area (Å²) in [6.45, 7) is 6.47. The van der Waals surface area contributed by atoms with E-state index >= 15 is 0 Å². The minimum Gasteiger partial charge on any atom is -0.379 e. The molecule has 0 aromatic carbocycles. The molecule has 0 spiro atoms. The maximum absolute atomic E-state index is 12.4. The van der Waals surface area contributed by atoms with Crippen LogP contribution in [0.2, 0.25) is 0 Å². The smallest absolute Gasteiger partial charge is 0.225 e. The number of nitrogens with zero attached hydrogens (tertiary/aromatic N) is 2. The minimum absolute atomic E-state index is 0.170. The van der Waals surface area contributed by atoms with Crippen molar-refractivity contribution < 1.29 is 14.3 Å². The molecule has 0 bridgehead atoms. The SMILES string of the molecule is O=C(CC1CCCCO1)N1CCC(N2CCOCC2)CC1. The molecule has 3 fully saturated rings. The van der Waals surface area contributed by atoms with Gasteiger partial charge in [0, 0.05) is 38.8 Å². The summed E-state index contributed by atoms with van der Waals surface area (Å²) in [7, 11) is 0. The first-order valence-corrected chi connectivity index (χ1v) is 8.54. The van der Waals surface area contributed by atoms with Crippen molar-refractivity contribution in [2.45, 2.75) is 50.7 Å². The van der Waals surface area contributed by atoms with Gasteiger partial charge in [-0.25, -0.2) is 0 Å². The third kappa shape index (κ3) is 4.18. The van der Waals surface area contributed by atoms with Gasteiger partial charge in [0.2, 0.25) is 5.91 Å². The Hall–Kier alpha value is -0.650. The molecule has 3 saturated heterocycles. The zero-order valence-electron chi connectivity index (χ0n) is 13.0. The molecule has 0 aromatic heterocycles. The van der Waals surface area contributed by atoms with Gasteiger partial charge in [0.25, 0.3) is 0 Å². The van der Waals surface area contributed by atoms with E-state index in [1.807, 2.05) is 0 Å². The van der Waals surface area contributed by atoms with Gasteiger partial charge in [-0.05, 0) is 32.1 Å². The Morgan fingerprint density at radius 1 is 0.952 bits per heavy atom. The molecule has 3 aliphatic rings. The second kappa shape index (κ2) is 7.56. The Morgan fingerprint density at radius 3 is 2.38 bits per heavy atom. The average molecular weight is 296 g/mol. The number of rotatable bonds is 3. The van der Waals surface area contributed by atoms with Gasteiger partial charge < -0.3 is 14.4 Å². The maximum atomic E-state index is 12.4. The van der Waals surface area contributed by atoms with Crippen molar-refractivity contribution in [2.75, 3.05) is 46.0 Å². The fourth-order valence-electron chi connectivity index (χ4n) is 3.72. The first kappa shape index (κ1) is 15.3. The summed E-state index contributed by atoms with van der Waals surface area (Å²) in [5.74, 6) is 0.294. The van der Waals surface area contributed by atoms with Crippen LogP contribution in [0.4, 0.5) is 0 Å². The molecule has 5 heteroatoms. The molecule has 3 rings (SSSR count). The van der Waals surface area contributed by atoms with Crippen molar-refractivity contribution >= 4 is 5.91 Å². The van der Waals surface area contributed by atoms with Crippen LogP contribution < -0.4 is 0 Å². The van der Waals surface area contributed by atoms with Crippen molar-refractivity contribution in [3.8, 4) is 0 Å². The molecule has 3 aliphatic heterocycles. The second-order valence-corrected chi connectivity index (χ2v) is 6.45. The number of hydrogen-bond acceptors (Lipinski definition) is 4. The Morgan fingerprint density at radius 2 is 1.71 bits per heavy atom. The van der Waals surface area contributed by atoms with Crippen LogP contribution in [-0.2, 0) is 14.3 Å². The van der Waals surface area contributed by atoms with Gasteiger partial charge in [-0.15, -0.1) is 0 Å². The topological polar surface area (TPSA) is 42.0 Å². The van der Waals surface area contributed by atoms with Crippen LogP contribution in [0.5, 0.6) is 0 Å². The van der Waals surface area contributed by atoms with E-state index in [9.17, 15) is 4.79 Å². The fourth-order valence-corrected chi connectivity index (χ4v) is 3.72. The van der Waals surface area contributed by atoms with Crippen molar-refractivity contribution in [2.24, 2.45) is 0 Å². The van der Waals surface area contributed by atoms with Crippen molar-refractivity contribution in [1.82, 2.24) is 9.80 Å². The summed E-state index contributed by atoms with van der Waals surface area (Å²) in [5.41, 5.74) is 0. The number of carbonyl (C=O) groups is 1. The highest BCUT2D eigenvalue weighted by Gasteiger charge is 2.29. The summed E-state index contributed by atoms with van der Waals surface area (Å²) >= 11 is 0. The van der Waals surface area contributed by atoms with E-state index in [0.29, 0.717) is 18.4 Å². The lowest BCUT2D eigenvalue weighted by Gasteiger charge is -2.40. The van der Waals surface area contributed by atoms with Gasteiger partial charge in [0.05, 0.1) is 25.7 Å². The Kier molecular flexibility index (Phi) is 5.49. The van der Waals surface area contributed by atoms with Crippen LogP contribution >= 0.6 is 0 Å². The van der Waals surface area contributed by atoms with Crippen molar-refractivity contribution in [3.05, 3.63) is 0 Å². The maximum Gasteiger partial charge on any atom is 0.225 e. The molecule has 3 heterocycles. The molecule has 1 atom stereocenters. The first-order chi connectivity index (χ1) is 10.3. The van der Waals surface area contributed by atoms with Gasteiger partial charge in [0.15, 0.2) is 0 Å². The summed E-state index contributed by atoms with van der Waals surface area (Å²) in [5, 5.41) is 0. The molecular weight excluding hydrogens is 268 g/mol. The van der Waals surface area contributed by atoms with E-state index in [-0.39, 0.29) is 6.10 Å². The number of piperidine rings is 1. The molecular formula is C16H28N2O3. The lowest BCUT2D eigenvalue weighted by Crippen LogP contribution is -2.50. The summed E-state index contributed by atoms with van der Waals surface area (Å²) in [4.78, 5) is 16.9. The average Bonchev–Trinajstić information content (AvgIpc) is 2.57. The number of amides is 1. The van der Waals surface area contributed by atoms with E-state index in [1.165, 1.54) is 6.42 Å². The van der Waals surface area contributed by atoms with Gasteiger partial charge in [-0.1, -0.05) is 0 Å². The highest BCUT2D eigenvalue weighted by Crippen LogP contribution is 2.21. The van der Waals surface area contributed by atoms with Crippen molar-refractivity contribution in [1.29, 1.82) is 0 Å². The molecule has 5 nitrogen and oxygen atoms in total. The number of morpholine rings is 1. The monoisotopic (exact) mass is 296 g/mol. The third-order valence-corrected chi connectivity index (χ3v) is 5.06. The summed E-state index contributed by atoms with van der Waals surface area (Å²) in [6, 6.07) is 0.642. The number of likely N-dealkylation sites (tertiary alicyclic amines) is 1. The van der Waals surface area contributed by atoms with E-state index in [1.54, 1.807) is 0 Å². The summed E-state index contributed by atoms with van der Waals surface area (Å²) in [6.07, 6.45) is 6.38. The Balaban J connectivity index is 1.40. The lowest BCUT2D eigenvalue weighted by atomic mass is 10.0. The van der Waals surface area contributed by atoms with E-state index in [2.05, 4.69) is 9.80 Å². The van der Waals surface area contributed by atoms with Crippen LogP contribution in [0.15, 0.2) is 0 Å². The normalized spacial score (nSPS) is 29.5. The quantitative estimate of drug-likeness (QED) is 0.786. The van der Waals surface area contributed by atoms with E-state index in [4.69, 9.17) is 9.47 Å². The molecule has 0 aliphatic carbocycles. The van der Waals surface area contributed by atoms with Crippen LogP contribution in [-0.4, -0.2) is 73.9 Å². The van der Waals surface area contributed by atoms with Crippen molar-refractivity contribution in [3.63, 3.8) is 0 Å².